The Labute approximate surface area is 309 Å². The molecule has 52 heavy (non-hydrogen) atoms. The predicted octanol–water partition coefficient (Wildman–Crippen LogP) is 4.72. The maximum absolute atomic E-state index is 9.24. The number of nitrogen functional groups attached to an aromatic ring is 1. The zero-order valence-electron chi connectivity index (χ0n) is 31.8. The number of anilines is 1. The molecule has 286 valence electrons. The molecule has 2 heterocycles. The second-order valence-electron chi connectivity index (χ2n) is 13.9. The summed E-state index contributed by atoms with van der Waals surface area (Å²) in [6.07, 6.45) is 14.2. The second-order valence-corrected chi connectivity index (χ2v) is 13.9. The van der Waals surface area contributed by atoms with Crippen molar-refractivity contribution < 1.29 is 19.3 Å². The van der Waals surface area contributed by atoms with Gasteiger partial charge in [0.05, 0.1) is 37.7 Å². The van der Waals surface area contributed by atoms with Gasteiger partial charge in [0.2, 0.25) is 5.95 Å². The van der Waals surface area contributed by atoms with Crippen LogP contribution in [0.25, 0.3) is 11.1 Å². The van der Waals surface area contributed by atoms with Crippen molar-refractivity contribution in [1.82, 2.24) is 14.9 Å². The fraction of sp³-hybridized carbons (Fsp3) is 0.579. The molecule has 1 aliphatic heterocycles. The fourth-order valence-corrected chi connectivity index (χ4v) is 5.34. The van der Waals surface area contributed by atoms with E-state index in [1.54, 1.807) is 42.9 Å². The third kappa shape index (κ3) is 17.6. The molecule has 1 saturated heterocycles. The van der Waals surface area contributed by atoms with Gasteiger partial charge in [0.1, 0.15) is 29.9 Å². The second kappa shape index (κ2) is 23.8. The average Bonchev–Trinajstić information content (AvgIpc) is 3.11. The van der Waals surface area contributed by atoms with E-state index in [2.05, 4.69) is 56.7 Å². The Morgan fingerprint density at radius 2 is 1.77 bits per heavy atom. The van der Waals surface area contributed by atoms with Crippen LogP contribution in [0.2, 0.25) is 0 Å². The van der Waals surface area contributed by atoms with Gasteiger partial charge in [-0.2, -0.15) is 5.26 Å². The van der Waals surface area contributed by atoms with Crippen LogP contribution < -0.4 is 21.9 Å². The van der Waals surface area contributed by atoms with E-state index in [-0.39, 0.29) is 18.7 Å². The van der Waals surface area contributed by atoms with Crippen molar-refractivity contribution in [3.63, 3.8) is 0 Å². The Morgan fingerprint density at radius 3 is 2.37 bits per heavy atom. The van der Waals surface area contributed by atoms with Gasteiger partial charge in [0.15, 0.2) is 5.88 Å². The first-order valence-corrected chi connectivity index (χ1v) is 18.0. The number of ether oxygens (including phenoxy) is 3. The first-order valence-electron chi connectivity index (χ1n) is 18.0. The lowest BCUT2D eigenvalue weighted by Crippen LogP contribution is -2.45. The first kappa shape index (κ1) is 43.6. The maximum atomic E-state index is 9.24. The normalized spacial score (nSPS) is 19.1. The van der Waals surface area contributed by atoms with Crippen molar-refractivity contribution in [1.29, 1.82) is 5.26 Å². The highest BCUT2D eigenvalue weighted by molar-refractivity contribution is 5.71. The molecule has 1 aromatic carbocycles. The largest absolute Gasteiger partial charge is 0.487 e. The molecular weight excluding hydrogens is 660 g/mol. The van der Waals surface area contributed by atoms with Gasteiger partial charge >= 0.3 is 0 Å². The highest BCUT2D eigenvalue weighted by Crippen LogP contribution is 2.28. The summed E-state index contributed by atoms with van der Waals surface area (Å²) in [6.45, 7) is 16.5. The first-order chi connectivity index (χ1) is 24.9. The third-order valence-corrected chi connectivity index (χ3v) is 7.90. The lowest BCUT2D eigenvalue weighted by atomic mass is 9.90. The number of nitrogens with zero attached hydrogens (tertiary/aromatic N) is 7. The number of morpholine rings is 1. The number of aromatic nitrogens is 2. The molecule has 0 bridgehead atoms. The Hall–Kier alpha value is -4.58. The molecule has 14 nitrogen and oxygen atoms in total. The Morgan fingerprint density at radius 1 is 1.12 bits per heavy atom. The third-order valence-electron chi connectivity index (χ3n) is 7.90. The van der Waals surface area contributed by atoms with E-state index in [0.717, 1.165) is 62.5 Å². The van der Waals surface area contributed by atoms with E-state index in [9.17, 15) is 5.26 Å². The van der Waals surface area contributed by atoms with Crippen molar-refractivity contribution in [3.05, 3.63) is 48.1 Å². The Bertz CT molecular complexity index is 1450. The summed E-state index contributed by atoms with van der Waals surface area (Å²) in [5.74, 6) is 1.85. The molecule has 0 radical (unpaired) electrons. The standard InChI is InChI=1S/C18H33N3O3.C16H17N7O.C4H10/c1-18(2,8-12-22)24-17(19)7-9-20-15-3-5-16(6-4-15)21-10-13-23-14-11-21;1-11(6-20-10-21-9-18)24-15-4-12(2-3-13(15)5-17)14-7-22-16(19)23-8-14;1-4(2)3/h7,9,15-16,22H,3-6,8,10-14,19H2,1-2H3;2-4,7-11H,6H2,1H3,(H2,18,20,21)(H2,19,22,23);4H,1-3H3/b17-7+,20-9?;;/t;11-;/m.0./s1. The molecule has 0 amide bonds. The summed E-state index contributed by atoms with van der Waals surface area (Å²) in [6, 6.07) is 8.46. The van der Waals surface area contributed by atoms with Crippen LogP contribution in [-0.4, -0.2) is 102 Å². The van der Waals surface area contributed by atoms with E-state index >= 15 is 0 Å². The van der Waals surface area contributed by atoms with Gasteiger partial charge in [-0.05, 0) is 70.1 Å². The van der Waals surface area contributed by atoms with Crippen LogP contribution in [0, 0.1) is 17.2 Å². The molecule has 4 rings (SSSR count). The topological polar surface area (TPSA) is 216 Å². The zero-order chi connectivity index (χ0) is 38.4. The molecule has 2 aromatic rings. The summed E-state index contributed by atoms with van der Waals surface area (Å²) < 4.78 is 16.9. The number of allylic oxidation sites excluding steroid dienone is 1. The van der Waals surface area contributed by atoms with Crippen LogP contribution in [0.1, 0.15) is 79.2 Å². The molecule has 1 aromatic heterocycles. The van der Waals surface area contributed by atoms with Gasteiger partial charge in [-0.1, -0.05) is 26.8 Å². The van der Waals surface area contributed by atoms with Gasteiger partial charge in [0.25, 0.3) is 0 Å². The lowest BCUT2D eigenvalue weighted by molar-refractivity contribution is 0.00755. The molecule has 1 atom stereocenters. The molecule has 7 N–H and O–H groups in total. The molecule has 2 aliphatic rings. The fourth-order valence-electron chi connectivity index (χ4n) is 5.34. The number of aliphatic hydroxyl groups is 1. The molecule has 2 fully saturated rings. The van der Waals surface area contributed by atoms with Crippen LogP contribution in [0.5, 0.6) is 5.75 Å². The number of aliphatic hydroxyl groups excluding tert-OH is 1. The highest BCUT2D eigenvalue weighted by atomic mass is 16.5. The van der Waals surface area contributed by atoms with Crippen LogP contribution in [0.3, 0.4) is 0 Å². The predicted molar refractivity (Wildman–Crippen MR) is 209 cm³/mol. The van der Waals surface area contributed by atoms with E-state index in [1.165, 1.54) is 19.2 Å². The Kier molecular flexibility index (Phi) is 20.0. The molecule has 1 aliphatic carbocycles. The summed E-state index contributed by atoms with van der Waals surface area (Å²) in [4.78, 5) is 22.9. The van der Waals surface area contributed by atoms with Crippen LogP contribution in [-0.2, 0) is 9.47 Å². The number of nitrogens with two attached hydrogens (primary N) is 3. The summed E-state index contributed by atoms with van der Waals surface area (Å²) in [5.41, 5.74) is 18.1. The monoisotopic (exact) mass is 720 g/mol. The van der Waals surface area contributed by atoms with Gasteiger partial charge in [-0.25, -0.2) is 15.0 Å². The summed E-state index contributed by atoms with van der Waals surface area (Å²) in [7, 11) is 0. The molecular formula is C38H60N10O4. The van der Waals surface area contributed by atoms with Crippen LogP contribution in [0.4, 0.5) is 5.95 Å². The van der Waals surface area contributed by atoms with Crippen molar-refractivity contribution in [3.8, 4) is 22.9 Å². The van der Waals surface area contributed by atoms with Gasteiger partial charge < -0.3 is 36.5 Å². The number of hydrogen-bond acceptors (Lipinski definition) is 12. The summed E-state index contributed by atoms with van der Waals surface area (Å²) >= 11 is 0. The minimum Gasteiger partial charge on any atom is -0.487 e. The minimum atomic E-state index is -0.459. The van der Waals surface area contributed by atoms with Crippen LogP contribution in [0.15, 0.2) is 57.5 Å². The average molecular weight is 721 g/mol. The Balaban J connectivity index is 0.000000327. The van der Waals surface area contributed by atoms with Gasteiger partial charge in [0, 0.05) is 62.4 Å². The van der Waals surface area contributed by atoms with Crippen molar-refractivity contribution >= 4 is 24.8 Å². The molecule has 0 unspecified atom stereocenters. The van der Waals surface area contributed by atoms with Gasteiger partial charge in [-0.15, -0.1) is 0 Å². The van der Waals surface area contributed by atoms with Crippen molar-refractivity contribution in [2.24, 2.45) is 32.4 Å². The smallest absolute Gasteiger partial charge is 0.219 e. The van der Waals surface area contributed by atoms with E-state index in [4.69, 9.17) is 36.5 Å². The van der Waals surface area contributed by atoms with Crippen molar-refractivity contribution in [2.75, 3.05) is 45.2 Å². The highest BCUT2D eigenvalue weighted by Gasteiger charge is 2.26. The van der Waals surface area contributed by atoms with Crippen molar-refractivity contribution in [2.45, 2.75) is 97.4 Å². The SMILES string of the molecule is CC(C)(CCO)O/C(N)=C/C=NC1CCC(N2CCOCC2)CC1.CC(C)C.C[C@@H](CN=CN=CN)Oc1cc(-c2cnc(N)nc2)ccc1C#N. The number of benzene rings is 1. The number of nitriles is 1. The minimum absolute atomic E-state index is 0.0841. The van der Waals surface area contributed by atoms with E-state index in [1.807, 2.05) is 20.8 Å². The van der Waals surface area contributed by atoms with Crippen LogP contribution >= 0.6 is 0 Å². The molecule has 1 saturated carbocycles. The number of hydrogen-bond donors (Lipinski definition) is 4. The molecule has 0 spiro atoms. The van der Waals surface area contributed by atoms with E-state index < -0.39 is 5.60 Å². The van der Waals surface area contributed by atoms with Gasteiger partial charge in [-0.3, -0.25) is 14.9 Å². The molecule has 14 heteroatoms. The summed E-state index contributed by atoms with van der Waals surface area (Å²) in [5, 5.41) is 18.2. The number of rotatable bonds is 13. The number of aliphatic imine (C=N–C) groups is 3. The van der Waals surface area contributed by atoms with E-state index in [0.29, 0.717) is 42.2 Å². The quantitative estimate of drug-likeness (QED) is 0.126. The lowest BCUT2D eigenvalue weighted by Gasteiger charge is -2.38. The maximum Gasteiger partial charge on any atom is 0.219 e. The zero-order valence-corrected chi connectivity index (χ0v) is 31.8.